The normalized spacial score (nSPS) is 20.2. The van der Waals surface area contributed by atoms with Crippen molar-refractivity contribution in [2.45, 2.75) is 0 Å². The van der Waals surface area contributed by atoms with Crippen LogP contribution in [0.2, 0.25) is 0 Å². The summed E-state index contributed by atoms with van der Waals surface area (Å²) in [5, 5.41) is 0. The van der Waals surface area contributed by atoms with Gasteiger partial charge in [-0.05, 0) is 0 Å². The van der Waals surface area contributed by atoms with Gasteiger partial charge >= 0.3 is 0 Å². The highest BCUT2D eigenvalue weighted by Crippen LogP contribution is 2.27. The molecular formula is C19H12O5. The van der Waals surface area contributed by atoms with Crippen molar-refractivity contribution in [3.05, 3.63) is 71.8 Å². The van der Waals surface area contributed by atoms with E-state index in [1.807, 2.05) is 0 Å². The molecule has 0 spiro atoms. The number of rotatable bonds is 4. The lowest BCUT2D eigenvalue weighted by Gasteiger charge is -2.07. The molecule has 2 aromatic carbocycles. The molecule has 0 heterocycles. The van der Waals surface area contributed by atoms with Crippen LogP contribution in [0.1, 0.15) is 20.7 Å². The Balaban J connectivity index is 1.94. The molecule has 0 amide bonds. The molecule has 1 aliphatic rings. The molecule has 0 radical (unpaired) electrons. The van der Waals surface area contributed by atoms with Crippen molar-refractivity contribution in [2.24, 2.45) is 11.8 Å². The van der Waals surface area contributed by atoms with Crippen molar-refractivity contribution in [1.82, 2.24) is 0 Å². The van der Waals surface area contributed by atoms with Gasteiger partial charge in [-0.25, -0.2) is 0 Å². The number of hydrogen-bond acceptors (Lipinski definition) is 5. The number of ketones is 5. The van der Waals surface area contributed by atoms with E-state index in [4.69, 9.17) is 0 Å². The lowest BCUT2D eigenvalue weighted by atomic mass is 9.90. The second kappa shape index (κ2) is 6.12. The summed E-state index contributed by atoms with van der Waals surface area (Å²) >= 11 is 0. The van der Waals surface area contributed by atoms with Gasteiger partial charge in [-0.3, -0.25) is 24.0 Å². The van der Waals surface area contributed by atoms with E-state index in [1.54, 1.807) is 36.4 Å². The van der Waals surface area contributed by atoms with E-state index in [2.05, 4.69) is 0 Å². The lowest BCUT2D eigenvalue weighted by molar-refractivity contribution is -0.136. The van der Waals surface area contributed by atoms with Crippen LogP contribution in [0.25, 0.3) is 0 Å². The van der Waals surface area contributed by atoms with Crippen LogP contribution in [0.3, 0.4) is 0 Å². The van der Waals surface area contributed by atoms with E-state index in [-0.39, 0.29) is 11.1 Å². The number of Topliss-reactive ketones (excluding diaryl/α,β-unsaturated/α-hetero) is 5. The molecule has 24 heavy (non-hydrogen) atoms. The molecular weight excluding hydrogens is 308 g/mol. The Labute approximate surface area is 137 Å². The molecule has 3 rings (SSSR count). The SMILES string of the molecule is O=C1C(=O)C(C(=O)c2ccccc2)C(=O)C1C(=O)c1ccccc1. The Kier molecular flexibility index (Phi) is 4.00. The van der Waals surface area contributed by atoms with Crippen LogP contribution in [-0.2, 0) is 14.4 Å². The molecule has 0 aromatic heterocycles. The number of carbonyl (C=O) groups is 5. The molecule has 5 nitrogen and oxygen atoms in total. The summed E-state index contributed by atoms with van der Waals surface area (Å²) in [6, 6.07) is 15.6. The summed E-state index contributed by atoms with van der Waals surface area (Å²) in [6.07, 6.45) is 0. The summed E-state index contributed by atoms with van der Waals surface area (Å²) in [6.45, 7) is 0. The summed E-state index contributed by atoms with van der Waals surface area (Å²) in [5.41, 5.74) is 0.314. The van der Waals surface area contributed by atoms with Gasteiger partial charge < -0.3 is 0 Å². The minimum Gasteiger partial charge on any atom is -0.297 e. The molecule has 1 saturated carbocycles. The third-order valence-corrected chi connectivity index (χ3v) is 3.98. The maximum Gasteiger partial charge on any atom is 0.217 e. The van der Waals surface area contributed by atoms with Gasteiger partial charge in [0.2, 0.25) is 11.6 Å². The molecule has 118 valence electrons. The highest BCUT2D eigenvalue weighted by Gasteiger charge is 2.55. The van der Waals surface area contributed by atoms with Crippen LogP contribution in [0.5, 0.6) is 0 Å². The van der Waals surface area contributed by atoms with Gasteiger partial charge in [0.05, 0.1) is 0 Å². The maximum absolute atomic E-state index is 12.5. The molecule has 0 bridgehead atoms. The third kappa shape index (κ3) is 2.50. The van der Waals surface area contributed by atoms with Crippen molar-refractivity contribution in [3.63, 3.8) is 0 Å². The van der Waals surface area contributed by atoms with Crippen molar-refractivity contribution in [3.8, 4) is 0 Å². The molecule has 2 unspecified atom stereocenters. The quantitative estimate of drug-likeness (QED) is 0.486. The highest BCUT2D eigenvalue weighted by molar-refractivity contribution is 6.60. The second-order valence-corrected chi connectivity index (χ2v) is 5.46. The van der Waals surface area contributed by atoms with Crippen LogP contribution >= 0.6 is 0 Å². The zero-order chi connectivity index (χ0) is 17.3. The fourth-order valence-corrected chi connectivity index (χ4v) is 2.74. The molecule has 2 aromatic rings. The van der Waals surface area contributed by atoms with Gasteiger partial charge in [0.15, 0.2) is 17.3 Å². The number of hydrogen-bond donors (Lipinski definition) is 0. The van der Waals surface area contributed by atoms with Gasteiger partial charge in [-0.2, -0.15) is 0 Å². The van der Waals surface area contributed by atoms with Crippen LogP contribution in [0.15, 0.2) is 60.7 Å². The predicted octanol–water partition coefficient (Wildman–Crippen LogP) is 1.71. The van der Waals surface area contributed by atoms with Crippen LogP contribution < -0.4 is 0 Å². The largest absolute Gasteiger partial charge is 0.297 e. The topological polar surface area (TPSA) is 85.3 Å². The Bertz CT molecular complexity index is 780. The lowest BCUT2D eigenvalue weighted by Crippen LogP contribution is -2.29. The molecule has 0 N–H and O–H groups in total. The molecule has 1 aliphatic carbocycles. The minimum absolute atomic E-state index is 0.157. The summed E-state index contributed by atoms with van der Waals surface area (Å²) in [7, 11) is 0. The number of benzene rings is 2. The monoisotopic (exact) mass is 320 g/mol. The first kappa shape index (κ1) is 15.7. The van der Waals surface area contributed by atoms with Crippen molar-refractivity contribution in [2.75, 3.05) is 0 Å². The van der Waals surface area contributed by atoms with Crippen molar-refractivity contribution >= 4 is 28.9 Å². The Morgan fingerprint density at radius 2 is 0.917 bits per heavy atom. The minimum atomic E-state index is -1.72. The summed E-state index contributed by atoms with van der Waals surface area (Å²) < 4.78 is 0. The second-order valence-electron chi connectivity index (χ2n) is 5.46. The van der Waals surface area contributed by atoms with Crippen molar-refractivity contribution in [1.29, 1.82) is 0 Å². The summed E-state index contributed by atoms with van der Waals surface area (Å²) in [4.78, 5) is 61.6. The maximum atomic E-state index is 12.5. The highest BCUT2D eigenvalue weighted by atomic mass is 16.2. The number of carbonyl (C=O) groups excluding carboxylic acids is 5. The van der Waals surface area contributed by atoms with E-state index in [0.29, 0.717) is 0 Å². The average Bonchev–Trinajstić information content (AvgIpc) is 2.84. The Morgan fingerprint density at radius 3 is 1.25 bits per heavy atom. The van der Waals surface area contributed by atoms with E-state index < -0.39 is 40.8 Å². The summed E-state index contributed by atoms with van der Waals surface area (Å²) in [5.74, 6) is -8.10. The van der Waals surface area contributed by atoms with Gasteiger partial charge in [-0.15, -0.1) is 0 Å². The van der Waals surface area contributed by atoms with E-state index >= 15 is 0 Å². The molecule has 1 fully saturated rings. The fraction of sp³-hybridized carbons (Fsp3) is 0.105. The van der Waals surface area contributed by atoms with E-state index in [1.165, 1.54) is 24.3 Å². The predicted molar refractivity (Wildman–Crippen MR) is 83.5 cm³/mol. The first-order valence-electron chi connectivity index (χ1n) is 7.32. The first-order valence-corrected chi connectivity index (χ1v) is 7.32. The zero-order valence-electron chi connectivity index (χ0n) is 12.5. The molecule has 0 aliphatic heterocycles. The smallest absolute Gasteiger partial charge is 0.217 e. The van der Waals surface area contributed by atoms with Crippen LogP contribution in [0, 0.1) is 11.8 Å². The van der Waals surface area contributed by atoms with Gasteiger partial charge in [0.1, 0.15) is 11.8 Å². The van der Waals surface area contributed by atoms with Gasteiger partial charge in [0, 0.05) is 11.1 Å². The van der Waals surface area contributed by atoms with Gasteiger partial charge in [0.25, 0.3) is 0 Å². The van der Waals surface area contributed by atoms with E-state index in [9.17, 15) is 24.0 Å². The fourth-order valence-electron chi connectivity index (χ4n) is 2.74. The zero-order valence-corrected chi connectivity index (χ0v) is 12.5. The Morgan fingerprint density at radius 1 is 0.583 bits per heavy atom. The molecule has 0 saturated heterocycles. The molecule has 2 atom stereocenters. The third-order valence-electron chi connectivity index (χ3n) is 3.98. The average molecular weight is 320 g/mol. The standard InChI is InChI=1S/C19H12O5/c20-15(11-7-3-1-4-8-11)13-17(22)14(19(24)18(13)23)16(21)12-9-5-2-6-10-12/h1-10,13-14H. The van der Waals surface area contributed by atoms with Crippen molar-refractivity contribution < 1.29 is 24.0 Å². The Hall–Kier alpha value is -3.21. The van der Waals surface area contributed by atoms with Gasteiger partial charge in [-0.1, -0.05) is 60.7 Å². The molecule has 5 heteroatoms. The van der Waals surface area contributed by atoms with Crippen LogP contribution in [-0.4, -0.2) is 28.9 Å². The first-order chi connectivity index (χ1) is 11.5. The van der Waals surface area contributed by atoms with E-state index in [0.717, 1.165) is 0 Å². The van der Waals surface area contributed by atoms with Crippen LogP contribution in [0.4, 0.5) is 0 Å².